The highest BCUT2D eigenvalue weighted by atomic mass is 32.2. The number of carboxylic acids is 1. The molecule has 1 amide bonds. The third-order valence-corrected chi connectivity index (χ3v) is 16.0. The van der Waals surface area contributed by atoms with Crippen molar-refractivity contribution in [2.24, 2.45) is 0 Å². The molecule has 0 radical (unpaired) electrons. The number of sulfonamides is 2. The second kappa shape index (κ2) is 19.3. The monoisotopic (exact) mass is 969 g/mol. The van der Waals surface area contributed by atoms with E-state index in [-0.39, 0.29) is 31.4 Å². The van der Waals surface area contributed by atoms with Crippen molar-refractivity contribution in [3.63, 3.8) is 0 Å². The molecule has 0 bridgehead atoms. The SMILES string of the molecule is C=CCNC(=O)c1sc2ccc(NS(=O)(=O)c3ccc(C(C)(C)C)cc3)cc2c1-c1ccccc1.CC(C)(C)c1ccc(S(=O)(=O)Nc2ccc3sc(C(=O)O)c(-c4ccccc4)c3c2)cc1. The zero-order valence-corrected chi connectivity index (χ0v) is 41.1. The first-order valence-corrected chi connectivity index (χ1v) is 25.9. The Morgan fingerprint density at radius 3 is 1.33 bits per heavy atom. The lowest BCUT2D eigenvalue weighted by atomic mass is 9.87. The predicted molar refractivity (Wildman–Crippen MR) is 276 cm³/mol. The van der Waals surface area contributed by atoms with Crippen LogP contribution in [0, 0.1) is 0 Å². The van der Waals surface area contributed by atoms with Crippen LogP contribution in [0.5, 0.6) is 0 Å². The zero-order chi connectivity index (χ0) is 48.3. The van der Waals surface area contributed by atoms with E-state index in [1.165, 1.54) is 22.7 Å². The smallest absolute Gasteiger partial charge is 0.346 e. The van der Waals surface area contributed by atoms with Gasteiger partial charge in [0.2, 0.25) is 0 Å². The molecule has 0 fully saturated rings. The highest BCUT2D eigenvalue weighted by molar-refractivity contribution is 7.93. The van der Waals surface area contributed by atoms with Gasteiger partial charge in [0.05, 0.1) is 9.79 Å². The number of carbonyl (C=O) groups excluding carboxylic acids is 1. The molecule has 0 aliphatic carbocycles. The van der Waals surface area contributed by atoms with Crippen LogP contribution in [0.2, 0.25) is 0 Å². The molecule has 0 saturated heterocycles. The Hall–Kier alpha value is -6.58. The molecule has 0 spiro atoms. The molecule has 0 saturated carbocycles. The maximum Gasteiger partial charge on any atom is 0.346 e. The first kappa shape index (κ1) is 48.4. The van der Waals surface area contributed by atoms with Crippen molar-refractivity contribution in [1.82, 2.24) is 5.32 Å². The van der Waals surface area contributed by atoms with E-state index in [9.17, 15) is 31.5 Å². The highest BCUT2D eigenvalue weighted by Crippen LogP contribution is 2.42. The predicted octanol–water partition coefficient (Wildman–Crippen LogP) is 12.9. The summed E-state index contributed by atoms with van der Waals surface area (Å²) >= 11 is 2.56. The summed E-state index contributed by atoms with van der Waals surface area (Å²) in [6, 6.07) is 43.1. The molecule has 0 aliphatic heterocycles. The van der Waals surface area contributed by atoms with Crippen LogP contribution in [0.3, 0.4) is 0 Å². The summed E-state index contributed by atoms with van der Waals surface area (Å²) in [7, 11) is -7.57. The van der Waals surface area contributed by atoms with Crippen LogP contribution in [0.4, 0.5) is 11.4 Å². The summed E-state index contributed by atoms with van der Waals surface area (Å²) < 4.78 is 59.1. The van der Waals surface area contributed by atoms with Gasteiger partial charge in [0.15, 0.2) is 0 Å². The van der Waals surface area contributed by atoms with Crippen LogP contribution < -0.4 is 14.8 Å². The van der Waals surface area contributed by atoms with Gasteiger partial charge in [-0.25, -0.2) is 21.6 Å². The van der Waals surface area contributed by atoms with Crippen LogP contribution in [-0.4, -0.2) is 40.4 Å². The summed E-state index contributed by atoms with van der Waals surface area (Å²) in [5.74, 6) is -1.20. The Kier molecular flexibility index (Phi) is 14.0. The second-order valence-corrected chi connectivity index (χ2v) is 23.3. The number of hydrogen-bond acceptors (Lipinski definition) is 8. The fourth-order valence-electron chi connectivity index (χ4n) is 7.36. The van der Waals surface area contributed by atoms with E-state index in [2.05, 4.69) is 62.9 Å². The number of rotatable bonds is 12. The number of nitrogens with one attached hydrogen (secondary N) is 3. The molecular formula is C53H51N3O7S4. The molecule has 6 aromatic carbocycles. The minimum atomic E-state index is -3.79. The maximum atomic E-state index is 13.1. The first-order chi connectivity index (χ1) is 31.7. The lowest BCUT2D eigenvalue weighted by Gasteiger charge is -2.19. The van der Waals surface area contributed by atoms with Crippen molar-refractivity contribution < 1.29 is 31.5 Å². The lowest BCUT2D eigenvalue weighted by Crippen LogP contribution is -2.22. The van der Waals surface area contributed by atoms with Crippen LogP contribution in [0.15, 0.2) is 168 Å². The maximum absolute atomic E-state index is 13.1. The number of hydrogen-bond donors (Lipinski definition) is 4. The largest absolute Gasteiger partial charge is 0.477 e. The van der Waals surface area contributed by atoms with E-state index in [0.717, 1.165) is 42.6 Å². The Labute approximate surface area is 400 Å². The summed E-state index contributed by atoms with van der Waals surface area (Å²) in [5, 5.41) is 14.1. The van der Waals surface area contributed by atoms with Gasteiger partial charge >= 0.3 is 5.97 Å². The van der Waals surface area contributed by atoms with Gasteiger partial charge in [-0.2, -0.15) is 0 Å². The third kappa shape index (κ3) is 11.0. The van der Waals surface area contributed by atoms with Gasteiger partial charge in [0, 0.05) is 49.2 Å². The number of amides is 1. The van der Waals surface area contributed by atoms with Gasteiger partial charge in [-0.05, 0) is 93.7 Å². The quantitative estimate of drug-likeness (QED) is 0.0887. The van der Waals surface area contributed by atoms with Crippen molar-refractivity contribution in [2.75, 3.05) is 16.0 Å². The van der Waals surface area contributed by atoms with Gasteiger partial charge in [-0.15, -0.1) is 29.3 Å². The molecule has 2 heterocycles. The van der Waals surface area contributed by atoms with Crippen LogP contribution in [-0.2, 0) is 30.9 Å². The number of aromatic carboxylic acids is 1. The molecule has 2 aromatic heterocycles. The molecule has 14 heteroatoms. The van der Waals surface area contributed by atoms with Crippen molar-refractivity contribution in [2.45, 2.75) is 62.2 Å². The molecule has 344 valence electrons. The third-order valence-electron chi connectivity index (χ3n) is 10.9. The molecule has 8 rings (SSSR count). The van der Waals surface area contributed by atoms with Gasteiger partial charge < -0.3 is 10.4 Å². The van der Waals surface area contributed by atoms with E-state index in [1.54, 1.807) is 60.7 Å². The Bertz CT molecular complexity index is 3330. The second-order valence-electron chi connectivity index (χ2n) is 17.8. The van der Waals surface area contributed by atoms with E-state index >= 15 is 0 Å². The minimum Gasteiger partial charge on any atom is -0.477 e. The summed E-state index contributed by atoms with van der Waals surface area (Å²) in [5.41, 5.74) is 5.81. The fourth-order valence-corrected chi connectivity index (χ4v) is 11.6. The molecule has 10 nitrogen and oxygen atoms in total. The Morgan fingerprint density at radius 1 is 0.567 bits per heavy atom. The molecule has 67 heavy (non-hydrogen) atoms. The number of benzene rings is 6. The zero-order valence-electron chi connectivity index (χ0n) is 37.9. The van der Waals surface area contributed by atoms with Crippen LogP contribution in [0.25, 0.3) is 42.4 Å². The fraction of sp³-hybridized carbons (Fsp3) is 0.170. The van der Waals surface area contributed by atoms with E-state index < -0.39 is 26.0 Å². The van der Waals surface area contributed by atoms with Gasteiger partial charge in [0.25, 0.3) is 26.0 Å². The van der Waals surface area contributed by atoms with Gasteiger partial charge in [-0.3, -0.25) is 14.2 Å². The summed E-state index contributed by atoms with van der Waals surface area (Å²) in [6.07, 6.45) is 1.63. The number of carboxylic acid groups (broad SMARTS) is 1. The number of carbonyl (C=O) groups is 2. The average Bonchev–Trinajstić information content (AvgIpc) is 3.87. The van der Waals surface area contributed by atoms with Crippen molar-refractivity contribution in [3.8, 4) is 22.3 Å². The standard InChI is InChI=1S/C28H28N2O3S2.C25H23NO4S2/c1-5-17-29-27(31)26-25(19-9-7-6-8-10-19)23-18-21(13-16-24(23)34-26)30-35(32,33)22-14-11-20(12-15-22)28(2,3)4;1-25(2,3)17-9-12-19(13-10-17)32(29,30)26-18-11-14-21-20(15-18)22(23(31-21)24(27)28)16-7-5-4-6-8-16/h5-16,18,30H,1,17H2,2-4H3,(H,29,31);4-15,26H,1-3H3,(H,27,28). The number of fused-ring (bicyclic) bond motifs is 2. The van der Waals surface area contributed by atoms with Crippen LogP contribution in [0.1, 0.15) is 72.0 Å². The topological polar surface area (TPSA) is 159 Å². The highest BCUT2D eigenvalue weighted by Gasteiger charge is 2.24. The van der Waals surface area contributed by atoms with Crippen molar-refractivity contribution in [1.29, 1.82) is 0 Å². The molecule has 0 atom stereocenters. The normalized spacial score (nSPS) is 12.0. The first-order valence-electron chi connectivity index (χ1n) is 21.3. The van der Waals surface area contributed by atoms with Crippen LogP contribution >= 0.6 is 22.7 Å². The van der Waals surface area contributed by atoms with Gasteiger partial charge in [0.1, 0.15) is 9.75 Å². The average molecular weight is 970 g/mol. The summed E-state index contributed by atoms with van der Waals surface area (Å²) in [6.45, 7) is 16.5. The molecular weight excluding hydrogens is 919 g/mol. The lowest BCUT2D eigenvalue weighted by molar-refractivity contribution is 0.0702. The van der Waals surface area contributed by atoms with E-state index in [4.69, 9.17) is 0 Å². The van der Waals surface area contributed by atoms with E-state index in [1.807, 2.05) is 91.0 Å². The van der Waals surface area contributed by atoms with Crippen molar-refractivity contribution in [3.05, 3.63) is 179 Å². The summed E-state index contributed by atoms with van der Waals surface area (Å²) in [4.78, 5) is 25.9. The number of anilines is 2. The molecule has 8 aromatic rings. The number of thiophene rings is 2. The Balaban J connectivity index is 0.000000200. The Morgan fingerprint density at radius 2 is 0.955 bits per heavy atom. The van der Waals surface area contributed by atoms with E-state index in [0.29, 0.717) is 33.7 Å². The minimum absolute atomic E-state index is 0.0663. The van der Waals surface area contributed by atoms with Crippen molar-refractivity contribution >= 4 is 86.1 Å². The van der Waals surface area contributed by atoms with Gasteiger partial charge in [-0.1, -0.05) is 133 Å². The molecule has 4 N–H and O–H groups in total. The molecule has 0 aliphatic rings. The molecule has 0 unspecified atom stereocenters.